The van der Waals surface area contributed by atoms with Gasteiger partial charge in [-0.25, -0.2) is 0 Å². The summed E-state index contributed by atoms with van der Waals surface area (Å²) in [5.41, 5.74) is 0. The van der Waals surface area contributed by atoms with Gasteiger partial charge in [0.25, 0.3) is 0 Å². The molecular formula is C8H11N3OS. The number of thioether (sulfide) groups is 1. The molecule has 0 aliphatic carbocycles. The van der Waals surface area contributed by atoms with E-state index in [1.165, 1.54) is 0 Å². The van der Waals surface area contributed by atoms with Crippen molar-refractivity contribution in [1.29, 1.82) is 0 Å². The van der Waals surface area contributed by atoms with E-state index in [1.807, 2.05) is 11.8 Å². The standard InChI is InChI=1S/C8H11N3OS/c1-5(2-9-1)8-10-7(11-12-8)6-3-13-4-6/h5-6,9H,1-4H2. The molecule has 3 rings (SSSR count). The molecule has 13 heavy (non-hydrogen) atoms. The van der Waals surface area contributed by atoms with Crippen LogP contribution in [0.2, 0.25) is 0 Å². The molecule has 4 nitrogen and oxygen atoms in total. The Morgan fingerprint density at radius 3 is 2.69 bits per heavy atom. The molecule has 0 aromatic carbocycles. The number of nitrogens with zero attached hydrogens (tertiary/aromatic N) is 2. The minimum atomic E-state index is 0.467. The summed E-state index contributed by atoms with van der Waals surface area (Å²) in [5, 5.41) is 7.21. The first kappa shape index (κ1) is 7.82. The zero-order chi connectivity index (χ0) is 8.67. The lowest BCUT2D eigenvalue weighted by atomic mass is 10.0. The van der Waals surface area contributed by atoms with Gasteiger partial charge in [-0.15, -0.1) is 0 Å². The number of nitrogens with one attached hydrogen (secondary N) is 1. The Morgan fingerprint density at radius 1 is 1.31 bits per heavy atom. The minimum absolute atomic E-state index is 0.467. The Morgan fingerprint density at radius 2 is 2.15 bits per heavy atom. The Hall–Kier alpha value is -0.550. The quantitative estimate of drug-likeness (QED) is 0.752. The SMILES string of the molecule is C1SCC1c1noc(C2CNC2)n1. The molecule has 0 atom stereocenters. The largest absolute Gasteiger partial charge is 0.339 e. The molecule has 2 aliphatic heterocycles. The Labute approximate surface area is 80.5 Å². The van der Waals surface area contributed by atoms with Crippen LogP contribution in [0.4, 0.5) is 0 Å². The van der Waals surface area contributed by atoms with E-state index in [9.17, 15) is 0 Å². The van der Waals surface area contributed by atoms with Crippen molar-refractivity contribution >= 4 is 11.8 Å². The molecule has 0 amide bonds. The number of hydrogen-bond donors (Lipinski definition) is 1. The van der Waals surface area contributed by atoms with E-state index in [0.717, 1.165) is 36.3 Å². The third-order valence-corrected chi connectivity index (χ3v) is 3.87. The van der Waals surface area contributed by atoms with Gasteiger partial charge < -0.3 is 9.84 Å². The monoisotopic (exact) mass is 197 g/mol. The van der Waals surface area contributed by atoms with Crippen LogP contribution in [0.1, 0.15) is 23.6 Å². The van der Waals surface area contributed by atoms with E-state index < -0.39 is 0 Å². The van der Waals surface area contributed by atoms with Gasteiger partial charge in [-0.3, -0.25) is 0 Å². The Balaban J connectivity index is 1.76. The first-order valence-electron chi connectivity index (χ1n) is 4.55. The molecule has 5 heteroatoms. The van der Waals surface area contributed by atoms with Crippen LogP contribution < -0.4 is 5.32 Å². The van der Waals surface area contributed by atoms with E-state index in [-0.39, 0.29) is 0 Å². The van der Waals surface area contributed by atoms with Gasteiger partial charge in [0, 0.05) is 30.5 Å². The van der Waals surface area contributed by atoms with Crippen LogP contribution >= 0.6 is 11.8 Å². The van der Waals surface area contributed by atoms with Crippen molar-refractivity contribution in [2.24, 2.45) is 0 Å². The topological polar surface area (TPSA) is 51.0 Å². The van der Waals surface area contributed by atoms with Crippen molar-refractivity contribution in [1.82, 2.24) is 15.5 Å². The van der Waals surface area contributed by atoms with Gasteiger partial charge in [0.2, 0.25) is 5.89 Å². The fourth-order valence-electron chi connectivity index (χ4n) is 1.43. The summed E-state index contributed by atoms with van der Waals surface area (Å²) in [6, 6.07) is 0. The smallest absolute Gasteiger partial charge is 0.232 e. The van der Waals surface area contributed by atoms with Crippen molar-refractivity contribution in [3.8, 4) is 0 Å². The summed E-state index contributed by atoms with van der Waals surface area (Å²) in [5.74, 6) is 5.07. The second-order valence-corrected chi connectivity index (χ2v) is 4.66. The van der Waals surface area contributed by atoms with E-state index in [0.29, 0.717) is 11.8 Å². The number of rotatable bonds is 2. The molecule has 2 fully saturated rings. The first-order valence-corrected chi connectivity index (χ1v) is 5.71. The molecule has 70 valence electrons. The highest BCUT2D eigenvalue weighted by atomic mass is 32.2. The number of aromatic nitrogens is 2. The van der Waals surface area contributed by atoms with Gasteiger partial charge in [-0.05, 0) is 0 Å². The lowest BCUT2D eigenvalue weighted by Crippen LogP contribution is -2.40. The second kappa shape index (κ2) is 2.99. The van der Waals surface area contributed by atoms with Gasteiger partial charge >= 0.3 is 0 Å². The Kier molecular flexibility index (Phi) is 1.80. The molecule has 0 radical (unpaired) electrons. The van der Waals surface area contributed by atoms with Gasteiger partial charge in [-0.1, -0.05) is 5.16 Å². The fraction of sp³-hybridized carbons (Fsp3) is 0.750. The summed E-state index contributed by atoms with van der Waals surface area (Å²) in [6.45, 7) is 1.97. The lowest BCUT2D eigenvalue weighted by Gasteiger charge is -2.23. The third kappa shape index (κ3) is 1.26. The maximum absolute atomic E-state index is 5.22. The average molecular weight is 197 g/mol. The molecule has 0 saturated carbocycles. The molecule has 3 heterocycles. The zero-order valence-electron chi connectivity index (χ0n) is 7.19. The highest BCUT2D eigenvalue weighted by molar-refractivity contribution is 8.00. The van der Waals surface area contributed by atoms with Crippen LogP contribution in [0, 0.1) is 0 Å². The molecule has 1 aromatic rings. The van der Waals surface area contributed by atoms with Crippen molar-refractivity contribution in [2.75, 3.05) is 24.6 Å². The molecule has 1 N–H and O–H groups in total. The highest BCUT2D eigenvalue weighted by Crippen LogP contribution is 2.32. The van der Waals surface area contributed by atoms with Gasteiger partial charge in [0.1, 0.15) is 0 Å². The van der Waals surface area contributed by atoms with E-state index in [1.54, 1.807) is 0 Å². The van der Waals surface area contributed by atoms with Crippen molar-refractivity contribution in [3.63, 3.8) is 0 Å². The molecule has 2 aliphatic rings. The highest BCUT2D eigenvalue weighted by Gasteiger charge is 2.29. The van der Waals surface area contributed by atoms with E-state index >= 15 is 0 Å². The van der Waals surface area contributed by atoms with Gasteiger partial charge in [0.05, 0.1) is 5.92 Å². The van der Waals surface area contributed by atoms with Crippen LogP contribution in [0.25, 0.3) is 0 Å². The zero-order valence-corrected chi connectivity index (χ0v) is 8.01. The van der Waals surface area contributed by atoms with Crippen LogP contribution in [0.5, 0.6) is 0 Å². The van der Waals surface area contributed by atoms with Crippen molar-refractivity contribution in [2.45, 2.75) is 11.8 Å². The summed E-state index contributed by atoms with van der Waals surface area (Å²) < 4.78 is 5.22. The van der Waals surface area contributed by atoms with Gasteiger partial charge in [0.15, 0.2) is 5.82 Å². The van der Waals surface area contributed by atoms with Crippen LogP contribution in [-0.2, 0) is 0 Å². The number of hydrogen-bond acceptors (Lipinski definition) is 5. The van der Waals surface area contributed by atoms with Gasteiger partial charge in [-0.2, -0.15) is 16.7 Å². The molecule has 0 spiro atoms. The lowest BCUT2D eigenvalue weighted by molar-refractivity contribution is 0.305. The summed E-state index contributed by atoms with van der Waals surface area (Å²) in [4.78, 5) is 4.42. The van der Waals surface area contributed by atoms with Crippen LogP contribution in [0.3, 0.4) is 0 Å². The fourth-order valence-corrected chi connectivity index (χ4v) is 2.20. The van der Waals surface area contributed by atoms with Crippen LogP contribution in [-0.4, -0.2) is 34.7 Å². The summed E-state index contributed by atoms with van der Waals surface area (Å²) >= 11 is 1.94. The molecule has 0 bridgehead atoms. The third-order valence-electron chi connectivity index (χ3n) is 2.59. The second-order valence-electron chi connectivity index (χ2n) is 3.58. The minimum Gasteiger partial charge on any atom is -0.339 e. The van der Waals surface area contributed by atoms with E-state index in [4.69, 9.17) is 4.52 Å². The molecule has 0 unspecified atom stereocenters. The predicted molar refractivity (Wildman–Crippen MR) is 50.0 cm³/mol. The van der Waals surface area contributed by atoms with E-state index in [2.05, 4.69) is 15.5 Å². The molecular weight excluding hydrogens is 186 g/mol. The first-order chi connectivity index (χ1) is 6.43. The maximum atomic E-state index is 5.22. The average Bonchev–Trinajstić information content (AvgIpc) is 2.29. The van der Waals surface area contributed by atoms with Crippen molar-refractivity contribution < 1.29 is 4.52 Å². The normalized spacial score (nSPS) is 24.0. The maximum Gasteiger partial charge on any atom is 0.232 e. The van der Waals surface area contributed by atoms with Crippen molar-refractivity contribution in [3.05, 3.63) is 11.7 Å². The Bertz CT molecular complexity index is 278. The summed E-state index contributed by atoms with van der Waals surface area (Å²) in [6.07, 6.45) is 0. The molecule has 2 saturated heterocycles. The molecule has 1 aromatic heterocycles. The van der Waals surface area contributed by atoms with Crippen LogP contribution in [0.15, 0.2) is 4.52 Å². The predicted octanol–water partition coefficient (Wildman–Crippen LogP) is 0.587. The summed E-state index contributed by atoms with van der Waals surface area (Å²) in [7, 11) is 0.